The third-order valence-corrected chi connectivity index (χ3v) is 3.48. The van der Waals surface area contributed by atoms with Crippen molar-refractivity contribution in [1.82, 2.24) is 0 Å². The predicted octanol–water partition coefficient (Wildman–Crippen LogP) is 2.41. The van der Waals surface area contributed by atoms with Crippen LogP contribution < -0.4 is 5.73 Å². The first-order valence-electron chi connectivity index (χ1n) is 5.32. The fourth-order valence-electron chi connectivity index (χ4n) is 1.30. The van der Waals surface area contributed by atoms with Gasteiger partial charge in [-0.05, 0) is 37.7 Å². The van der Waals surface area contributed by atoms with Crippen LogP contribution in [0.4, 0.5) is 4.39 Å². The van der Waals surface area contributed by atoms with Gasteiger partial charge in [0.25, 0.3) is 0 Å². The van der Waals surface area contributed by atoms with Crippen LogP contribution in [-0.4, -0.2) is 23.0 Å². The van der Waals surface area contributed by atoms with Crippen molar-refractivity contribution in [3.8, 4) is 0 Å². The highest BCUT2D eigenvalue weighted by Gasteiger charge is 2.15. The normalized spacial score (nSPS) is 14.8. The van der Waals surface area contributed by atoms with E-state index in [0.29, 0.717) is 4.90 Å². The zero-order valence-electron chi connectivity index (χ0n) is 9.45. The lowest BCUT2D eigenvalue weighted by Gasteiger charge is -2.21. The summed E-state index contributed by atoms with van der Waals surface area (Å²) in [6, 6.07) is 6.74. The smallest absolute Gasteiger partial charge is 0.136 e. The Morgan fingerprint density at radius 2 is 2.12 bits per heavy atom. The molecule has 1 unspecified atom stereocenters. The van der Waals surface area contributed by atoms with Crippen LogP contribution in [0.1, 0.15) is 19.8 Å². The summed E-state index contributed by atoms with van der Waals surface area (Å²) < 4.78 is 13.2. The third-order valence-electron chi connectivity index (χ3n) is 2.35. The Hall–Kier alpha value is -0.580. The number of hydrogen-bond donors (Lipinski definition) is 2. The summed E-state index contributed by atoms with van der Waals surface area (Å²) in [4.78, 5) is 0.672. The van der Waals surface area contributed by atoms with E-state index in [0.717, 1.165) is 18.6 Å². The van der Waals surface area contributed by atoms with Crippen molar-refractivity contribution in [3.63, 3.8) is 0 Å². The van der Waals surface area contributed by atoms with Crippen LogP contribution >= 0.6 is 11.8 Å². The van der Waals surface area contributed by atoms with Crippen LogP contribution in [0.3, 0.4) is 0 Å². The van der Waals surface area contributed by atoms with Gasteiger partial charge in [-0.1, -0.05) is 12.1 Å². The Morgan fingerprint density at radius 3 is 2.75 bits per heavy atom. The number of rotatable bonds is 6. The minimum absolute atomic E-state index is 0.0165. The Balaban J connectivity index is 2.29. The summed E-state index contributed by atoms with van der Waals surface area (Å²) in [6.07, 6.45) is 1.61. The van der Waals surface area contributed by atoms with Gasteiger partial charge >= 0.3 is 0 Å². The number of hydrogen-bond acceptors (Lipinski definition) is 3. The molecular weight excluding hydrogens is 225 g/mol. The van der Waals surface area contributed by atoms with Gasteiger partial charge in [0.2, 0.25) is 0 Å². The first-order chi connectivity index (χ1) is 7.55. The molecule has 1 aromatic rings. The summed E-state index contributed by atoms with van der Waals surface area (Å²) in [7, 11) is 0. The van der Waals surface area contributed by atoms with Gasteiger partial charge in [-0.2, -0.15) is 0 Å². The zero-order chi connectivity index (χ0) is 12.0. The van der Waals surface area contributed by atoms with E-state index in [1.54, 1.807) is 12.1 Å². The molecule has 0 saturated heterocycles. The fraction of sp³-hybridized carbons (Fsp3) is 0.500. The lowest BCUT2D eigenvalue weighted by atomic mass is 9.99. The van der Waals surface area contributed by atoms with E-state index in [2.05, 4.69) is 0 Å². The topological polar surface area (TPSA) is 46.2 Å². The molecule has 1 rings (SSSR count). The molecule has 0 amide bonds. The lowest BCUT2D eigenvalue weighted by molar-refractivity contribution is 0.200. The van der Waals surface area contributed by atoms with Crippen molar-refractivity contribution in [2.75, 3.05) is 12.4 Å². The molecular formula is C12H18FNOS. The SMILES string of the molecule is CC(N)(CO)CCCSc1ccccc1F. The highest BCUT2D eigenvalue weighted by atomic mass is 32.2. The summed E-state index contributed by atoms with van der Waals surface area (Å²) >= 11 is 1.49. The van der Waals surface area contributed by atoms with E-state index < -0.39 is 5.54 Å². The maximum absolute atomic E-state index is 13.2. The predicted molar refractivity (Wildman–Crippen MR) is 66.0 cm³/mol. The number of aliphatic hydroxyl groups excluding tert-OH is 1. The van der Waals surface area contributed by atoms with E-state index in [1.165, 1.54) is 17.8 Å². The minimum atomic E-state index is -0.518. The molecule has 0 aliphatic rings. The van der Waals surface area contributed by atoms with Crippen LogP contribution in [0.25, 0.3) is 0 Å². The van der Waals surface area contributed by atoms with Gasteiger partial charge < -0.3 is 10.8 Å². The number of aliphatic hydroxyl groups is 1. The number of benzene rings is 1. The minimum Gasteiger partial charge on any atom is -0.394 e. The first-order valence-corrected chi connectivity index (χ1v) is 6.31. The molecule has 2 nitrogen and oxygen atoms in total. The quantitative estimate of drug-likeness (QED) is 0.596. The fourth-order valence-corrected chi connectivity index (χ4v) is 2.19. The van der Waals surface area contributed by atoms with Crippen LogP contribution in [-0.2, 0) is 0 Å². The second-order valence-corrected chi connectivity index (χ2v) is 5.33. The first kappa shape index (κ1) is 13.5. The molecule has 0 aromatic heterocycles. The molecule has 0 saturated carbocycles. The molecule has 1 aromatic carbocycles. The van der Waals surface area contributed by atoms with Gasteiger partial charge in [-0.25, -0.2) is 4.39 Å². The second-order valence-electron chi connectivity index (χ2n) is 4.19. The molecule has 4 heteroatoms. The summed E-state index contributed by atoms with van der Waals surface area (Å²) in [5.74, 6) is 0.637. The Kier molecular flexibility index (Phi) is 5.25. The highest BCUT2D eigenvalue weighted by molar-refractivity contribution is 7.99. The average molecular weight is 243 g/mol. The molecule has 0 radical (unpaired) electrons. The zero-order valence-corrected chi connectivity index (χ0v) is 10.3. The second kappa shape index (κ2) is 6.23. The van der Waals surface area contributed by atoms with Crippen molar-refractivity contribution >= 4 is 11.8 Å². The van der Waals surface area contributed by atoms with Crippen LogP contribution in [0.5, 0.6) is 0 Å². The van der Waals surface area contributed by atoms with Gasteiger partial charge in [0.15, 0.2) is 0 Å². The summed E-state index contributed by atoms with van der Waals surface area (Å²) in [6.45, 7) is 1.80. The monoisotopic (exact) mass is 243 g/mol. The van der Waals surface area contributed by atoms with Crippen molar-refractivity contribution in [3.05, 3.63) is 30.1 Å². The standard InChI is InChI=1S/C12H18FNOS/c1-12(14,9-15)7-4-8-16-11-6-3-2-5-10(11)13/h2-3,5-6,15H,4,7-9,14H2,1H3. The Morgan fingerprint density at radius 1 is 1.44 bits per heavy atom. The number of nitrogens with two attached hydrogens (primary N) is 1. The van der Waals surface area contributed by atoms with Gasteiger partial charge in [0.05, 0.1) is 6.61 Å². The van der Waals surface area contributed by atoms with Gasteiger partial charge in [0, 0.05) is 10.4 Å². The van der Waals surface area contributed by atoms with Crippen molar-refractivity contribution in [2.45, 2.75) is 30.2 Å². The van der Waals surface area contributed by atoms with Crippen molar-refractivity contribution in [2.24, 2.45) is 5.73 Å². The summed E-state index contributed by atoms with van der Waals surface area (Å²) in [5, 5.41) is 8.96. The number of thioether (sulfide) groups is 1. The molecule has 0 bridgehead atoms. The molecule has 90 valence electrons. The molecule has 0 aliphatic heterocycles. The lowest BCUT2D eigenvalue weighted by Crippen LogP contribution is -2.40. The molecule has 0 heterocycles. The van der Waals surface area contributed by atoms with Crippen LogP contribution in [0.15, 0.2) is 29.2 Å². The maximum Gasteiger partial charge on any atom is 0.136 e. The maximum atomic E-state index is 13.2. The molecule has 0 aliphatic carbocycles. The van der Waals surface area contributed by atoms with E-state index in [9.17, 15) is 4.39 Å². The van der Waals surface area contributed by atoms with Crippen LogP contribution in [0, 0.1) is 5.82 Å². The largest absolute Gasteiger partial charge is 0.394 e. The van der Waals surface area contributed by atoms with Crippen molar-refractivity contribution < 1.29 is 9.50 Å². The van der Waals surface area contributed by atoms with E-state index in [1.807, 2.05) is 13.0 Å². The average Bonchev–Trinajstić information content (AvgIpc) is 2.27. The molecule has 3 N–H and O–H groups in total. The molecule has 0 spiro atoms. The molecule has 0 fully saturated rings. The van der Waals surface area contributed by atoms with E-state index in [-0.39, 0.29) is 12.4 Å². The molecule has 16 heavy (non-hydrogen) atoms. The third kappa shape index (κ3) is 4.51. The van der Waals surface area contributed by atoms with Gasteiger partial charge in [0.1, 0.15) is 5.82 Å². The van der Waals surface area contributed by atoms with E-state index in [4.69, 9.17) is 10.8 Å². The molecule has 1 atom stereocenters. The Bertz CT molecular complexity index is 331. The van der Waals surface area contributed by atoms with Crippen molar-refractivity contribution in [1.29, 1.82) is 0 Å². The highest BCUT2D eigenvalue weighted by Crippen LogP contribution is 2.23. The summed E-state index contributed by atoms with van der Waals surface area (Å²) in [5.41, 5.74) is 5.27. The van der Waals surface area contributed by atoms with Gasteiger partial charge in [-0.15, -0.1) is 11.8 Å². The van der Waals surface area contributed by atoms with E-state index >= 15 is 0 Å². The van der Waals surface area contributed by atoms with Crippen LogP contribution in [0.2, 0.25) is 0 Å². The number of halogens is 1. The van der Waals surface area contributed by atoms with Gasteiger partial charge in [-0.3, -0.25) is 0 Å². The Labute approximate surface area is 100 Å².